The van der Waals surface area contributed by atoms with Crippen LogP contribution in [0, 0.1) is 11.7 Å². The fourth-order valence-corrected chi connectivity index (χ4v) is 6.01. The summed E-state index contributed by atoms with van der Waals surface area (Å²) >= 11 is 0. The fourth-order valence-electron chi connectivity index (χ4n) is 6.01. The molecule has 5 heteroatoms. The van der Waals surface area contributed by atoms with E-state index >= 15 is 4.39 Å². The Morgan fingerprint density at radius 2 is 1.92 bits per heavy atom. The molecule has 2 fully saturated rings. The Balaban J connectivity index is 1.29. The zero-order chi connectivity index (χ0) is 25.8. The summed E-state index contributed by atoms with van der Waals surface area (Å²) < 4.78 is 15.4. The molecule has 0 spiro atoms. The molecule has 4 nitrogen and oxygen atoms in total. The normalized spacial score (nSPS) is 17.6. The molecule has 1 aliphatic carbocycles. The minimum atomic E-state index is -0.155. The highest BCUT2D eigenvalue weighted by Crippen LogP contribution is 2.56. The van der Waals surface area contributed by atoms with Crippen LogP contribution in [0.5, 0.6) is 0 Å². The van der Waals surface area contributed by atoms with E-state index in [1.165, 1.54) is 44.5 Å². The summed E-state index contributed by atoms with van der Waals surface area (Å²) in [6.45, 7) is 12.0. The van der Waals surface area contributed by atoms with Crippen molar-refractivity contribution in [1.29, 1.82) is 0 Å². The molecule has 0 N–H and O–H groups in total. The van der Waals surface area contributed by atoms with E-state index in [-0.39, 0.29) is 11.2 Å². The van der Waals surface area contributed by atoms with Crippen LogP contribution in [0.1, 0.15) is 74.8 Å². The third-order valence-corrected chi connectivity index (χ3v) is 8.15. The molecule has 2 aromatic heterocycles. The highest BCUT2D eigenvalue weighted by Gasteiger charge is 2.48. The first-order valence-electron chi connectivity index (χ1n) is 13.9. The minimum Gasteiger partial charge on any atom is -0.303 e. The van der Waals surface area contributed by atoms with E-state index < -0.39 is 0 Å². The van der Waals surface area contributed by atoms with Crippen molar-refractivity contribution in [3.05, 3.63) is 89.2 Å². The van der Waals surface area contributed by atoms with Gasteiger partial charge in [-0.15, -0.1) is 0 Å². The van der Waals surface area contributed by atoms with Crippen LogP contribution in [-0.4, -0.2) is 39.5 Å². The zero-order valence-electron chi connectivity index (χ0n) is 22.3. The number of pyridine rings is 1. The van der Waals surface area contributed by atoms with Gasteiger partial charge in [-0.2, -0.15) is 0 Å². The van der Waals surface area contributed by atoms with Crippen molar-refractivity contribution in [2.45, 2.75) is 70.6 Å². The molecule has 1 saturated carbocycles. The van der Waals surface area contributed by atoms with Crippen LogP contribution < -0.4 is 0 Å². The Morgan fingerprint density at radius 1 is 1.11 bits per heavy atom. The van der Waals surface area contributed by atoms with Crippen LogP contribution in [-0.2, 0) is 18.3 Å². The first kappa shape index (κ1) is 25.7. The van der Waals surface area contributed by atoms with Crippen molar-refractivity contribution in [3.8, 4) is 0 Å². The predicted molar refractivity (Wildman–Crippen MR) is 149 cm³/mol. The van der Waals surface area contributed by atoms with Crippen LogP contribution in [0.15, 0.2) is 61.0 Å². The van der Waals surface area contributed by atoms with Gasteiger partial charge in [-0.1, -0.05) is 50.3 Å². The van der Waals surface area contributed by atoms with Gasteiger partial charge >= 0.3 is 0 Å². The summed E-state index contributed by atoms with van der Waals surface area (Å²) in [4.78, 5) is 16.5. The van der Waals surface area contributed by atoms with E-state index in [1.807, 2.05) is 24.4 Å². The molecule has 2 aliphatic rings. The van der Waals surface area contributed by atoms with Gasteiger partial charge in [0.05, 0.1) is 5.69 Å². The van der Waals surface area contributed by atoms with Gasteiger partial charge in [0.25, 0.3) is 0 Å². The average Bonchev–Trinajstić information content (AvgIpc) is 3.52. The Kier molecular flexibility index (Phi) is 7.80. The molecule has 0 amide bonds. The number of aryl methyl sites for hydroxylation is 1. The molecule has 0 bridgehead atoms. The Hall–Kier alpha value is -2.92. The molecule has 37 heavy (non-hydrogen) atoms. The quantitative estimate of drug-likeness (QED) is 0.211. The van der Waals surface area contributed by atoms with Gasteiger partial charge in [0.1, 0.15) is 11.3 Å². The molecule has 0 unspecified atom stereocenters. The van der Waals surface area contributed by atoms with Gasteiger partial charge in [-0.3, -0.25) is 4.98 Å². The lowest BCUT2D eigenvalue weighted by atomic mass is 9.81. The van der Waals surface area contributed by atoms with Gasteiger partial charge in [-0.25, -0.2) is 14.4 Å². The summed E-state index contributed by atoms with van der Waals surface area (Å²) in [6, 6.07) is 7.74. The fraction of sp³-hybridized carbons (Fsp3) is 0.469. The van der Waals surface area contributed by atoms with Crippen molar-refractivity contribution in [2.24, 2.45) is 5.92 Å². The maximum atomic E-state index is 15.4. The predicted octanol–water partition coefficient (Wildman–Crippen LogP) is 6.97. The second-order valence-corrected chi connectivity index (χ2v) is 11.1. The highest BCUT2D eigenvalue weighted by atomic mass is 19.1. The minimum absolute atomic E-state index is 0.0402. The van der Waals surface area contributed by atoms with Crippen molar-refractivity contribution in [3.63, 3.8) is 0 Å². The van der Waals surface area contributed by atoms with Crippen LogP contribution in [0.2, 0.25) is 0 Å². The van der Waals surface area contributed by atoms with Crippen molar-refractivity contribution in [1.82, 2.24) is 19.9 Å². The number of halogens is 1. The summed E-state index contributed by atoms with van der Waals surface area (Å²) in [5, 5.41) is 0. The third-order valence-electron chi connectivity index (χ3n) is 8.15. The molecule has 1 aliphatic heterocycles. The van der Waals surface area contributed by atoms with Crippen LogP contribution in [0.3, 0.4) is 0 Å². The number of benzene rings is 1. The Morgan fingerprint density at radius 3 is 2.62 bits per heavy atom. The number of aromatic nitrogens is 3. The molecule has 3 aromatic rings. The number of hydrogen-bond donors (Lipinski definition) is 0. The number of nitrogens with zero attached hydrogens (tertiary/aromatic N) is 4. The molecule has 5 rings (SSSR count). The SMILES string of the molecule is C=C/C=C(\C(C)C)C1(c2ccc(Cc3ccnc4nc(CCCCN5CCCC5)cnc34)c(F)c2)CC1. The van der Waals surface area contributed by atoms with Crippen LogP contribution >= 0.6 is 0 Å². The summed E-state index contributed by atoms with van der Waals surface area (Å²) in [6.07, 6.45) is 16.1. The van der Waals surface area contributed by atoms with Crippen molar-refractivity contribution in [2.75, 3.05) is 19.6 Å². The first-order valence-corrected chi connectivity index (χ1v) is 13.9. The van der Waals surface area contributed by atoms with E-state index in [1.54, 1.807) is 12.3 Å². The molecule has 1 aromatic carbocycles. The maximum Gasteiger partial charge on any atom is 0.178 e. The van der Waals surface area contributed by atoms with Gasteiger partial charge < -0.3 is 4.90 Å². The molecule has 1 saturated heterocycles. The summed E-state index contributed by atoms with van der Waals surface area (Å²) in [5.74, 6) is 0.248. The molecule has 3 heterocycles. The monoisotopic (exact) mass is 498 g/mol. The first-order chi connectivity index (χ1) is 18.0. The summed E-state index contributed by atoms with van der Waals surface area (Å²) in [7, 11) is 0. The van der Waals surface area contributed by atoms with Gasteiger partial charge in [0.2, 0.25) is 0 Å². The number of fused-ring (bicyclic) bond motifs is 1. The van der Waals surface area contributed by atoms with Crippen molar-refractivity contribution < 1.29 is 4.39 Å². The highest BCUT2D eigenvalue weighted by molar-refractivity contribution is 5.74. The average molecular weight is 499 g/mol. The molecule has 194 valence electrons. The van der Waals surface area contributed by atoms with E-state index in [4.69, 9.17) is 9.97 Å². The number of rotatable bonds is 11. The maximum absolute atomic E-state index is 15.4. The molecular weight excluding hydrogens is 459 g/mol. The van der Waals surface area contributed by atoms with Crippen molar-refractivity contribution >= 4 is 11.2 Å². The smallest absolute Gasteiger partial charge is 0.178 e. The van der Waals surface area contributed by atoms with Gasteiger partial charge in [0, 0.05) is 24.2 Å². The number of allylic oxidation sites excluding steroid dienone is 3. The van der Waals surface area contributed by atoms with Crippen LogP contribution in [0.25, 0.3) is 11.2 Å². The third kappa shape index (κ3) is 5.67. The van der Waals surface area contributed by atoms with Gasteiger partial charge in [0.15, 0.2) is 5.65 Å². The van der Waals surface area contributed by atoms with E-state index in [0.717, 1.165) is 48.0 Å². The number of likely N-dealkylation sites (tertiary alicyclic amines) is 1. The second-order valence-electron chi connectivity index (χ2n) is 11.1. The standard InChI is InChI=1S/C32H39FN4/c1-4-9-28(23(2)3)32(14-15-32)26-12-11-24(29(33)21-26)20-25-13-16-34-31-30(25)35-22-27(36-31)10-5-6-17-37-18-7-8-19-37/h4,9,11-13,16,21-23H,1,5-8,10,14-15,17-20H2,2-3H3/b28-9+. The number of hydrogen-bond acceptors (Lipinski definition) is 4. The number of unbranched alkanes of at least 4 members (excludes halogenated alkanes) is 1. The van der Waals surface area contributed by atoms with E-state index in [9.17, 15) is 0 Å². The van der Waals surface area contributed by atoms with Crippen LogP contribution in [0.4, 0.5) is 4.39 Å². The van der Waals surface area contributed by atoms with E-state index in [0.29, 0.717) is 23.5 Å². The van der Waals surface area contributed by atoms with E-state index in [2.05, 4.69) is 42.5 Å². The molecule has 0 radical (unpaired) electrons. The molecular formula is C32H39FN4. The molecule has 0 atom stereocenters. The lowest BCUT2D eigenvalue weighted by Gasteiger charge is -2.24. The topological polar surface area (TPSA) is 41.9 Å². The lowest BCUT2D eigenvalue weighted by Crippen LogP contribution is -2.20. The second kappa shape index (κ2) is 11.2. The zero-order valence-corrected chi connectivity index (χ0v) is 22.3. The summed E-state index contributed by atoms with van der Waals surface area (Å²) in [5.41, 5.74) is 6.42. The Bertz CT molecular complexity index is 1290. The Labute approximate surface area is 220 Å². The van der Waals surface area contributed by atoms with Gasteiger partial charge in [-0.05, 0) is 99.3 Å². The largest absolute Gasteiger partial charge is 0.303 e. The lowest BCUT2D eigenvalue weighted by molar-refractivity contribution is 0.330.